The normalized spacial score (nSPS) is 18.9. The number of benzene rings is 1. The highest BCUT2D eigenvalue weighted by Gasteiger charge is 2.30. The summed E-state index contributed by atoms with van der Waals surface area (Å²) >= 11 is 2.29. The van der Waals surface area contributed by atoms with Crippen molar-refractivity contribution in [1.82, 2.24) is 9.80 Å². The number of nitrogens with zero attached hydrogens (tertiary/aromatic N) is 2. The fourth-order valence-corrected chi connectivity index (χ4v) is 3.40. The van der Waals surface area contributed by atoms with Gasteiger partial charge in [-0.3, -0.25) is 4.90 Å². The van der Waals surface area contributed by atoms with Crippen LogP contribution in [0.15, 0.2) is 24.3 Å². The molecule has 2 rings (SSSR count). The first-order valence-corrected chi connectivity index (χ1v) is 9.93. The highest BCUT2D eigenvalue weighted by molar-refractivity contribution is 14.1. The maximum absolute atomic E-state index is 12.2. The molecule has 140 valence electrons. The van der Waals surface area contributed by atoms with Gasteiger partial charge in [-0.05, 0) is 68.8 Å². The van der Waals surface area contributed by atoms with Gasteiger partial charge < -0.3 is 14.4 Å². The van der Waals surface area contributed by atoms with Crippen LogP contribution in [0.2, 0.25) is 0 Å². The summed E-state index contributed by atoms with van der Waals surface area (Å²) in [6, 6.07) is 8.23. The van der Waals surface area contributed by atoms with Crippen molar-refractivity contribution in [2.75, 3.05) is 32.8 Å². The van der Waals surface area contributed by atoms with Gasteiger partial charge in [-0.2, -0.15) is 0 Å². The Kier molecular flexibility index (Phi) is 7.37. The maximum Gasteiger partial charge on any atom is 0.410 e. The molecule has 0 spiro atoms. The van der Waals surface area contributed by atoms with Crippen LogP contribution < -0.4 is 4.74 Å². The summed E-state index contributed by atoms with van der Waals surface area (Å²) in [5, 5.41) is 0. The van der Waals surface area contributed by atoms with E-state index in [2.05, 4.69) is 34.4 Å². The molecule has 0 aliphatic carbocycles. The van der Waals surface area contributed by atoms with Crippen LogP contribution in [0.4, 0.5) is 4.79 Å². The molecular formula is C19H29IN2O3. The lowest BCUT2D eigenvalue weighted by atomic mass is 10.2. The van der Waals surface area contributed by atoms with Crippen molar-refractivity contribution < 1.29 is 14.3 Å². The molecule has 25 heavy (non-hydrogen) atoms. The largest absolute Gasteiger partial charge is 0.492 e. The van der Waals surface area contributed by atoms with E-state index in [4.69, 9.17) is 9.47 Å². The highest BCUT2D eigenvalue weighted by atomic mass is 127. The van der Waals surface area contributed by atoms with Crippen molar-refractivity contribution in [2.45, 2.75) is 45.8 Å². The fraction of sp³-hybridized carbons (Fsp3) is 0.632. The van der Waals surface area contributed by atoms with Gasteiger partial charge in [0.05, 0.1) is 10.2 Å². The van der Waals surface area contributed by atoms with Crippen LogP contribution in [0.3, 0.4) is 0 Å². The van der Waals surface area contributed by atoms with Crippen LogP contribution in [-0.2, 0) is 4.74 Å². The Balaban J connectivity index is 1.70. The Morgan fingerprint density at radius 1 is 1.28 bits per heavy atom. The Morgan fingerprint density at radius 3 is 2.64 bits per heavy atom. The molecular weight excluding hydrogens is 431 g/mol. The number of ether oxygens (including phenoxy) is 2. The van der Waals surface area contributed by atoms with Crippen LogP contribution in [0.1, 0.15) is 34.1 Å². The van der Waals surface area contributed by atoms with Gasteiger partial charge in [-0.25, -0.2) is 4.79 Å². The van der Waals surface area contributed by atoms with E-state index in [0.29, 0.717) is 13.2 Å². The molecule has 0 aromatic heterocycles. The van der Waals surface area contributed by atoms with Crippen LogP contribution >= 0.6 is 22.6 Å². The number of hydrogen-bond donors (Lipinski definition) is 0. The van der Waals surface area contributed by atoms with E-state index in [-0.39, 0.29) is 12.1 Å². The first kappa shape index (κ1) is 20.3. The van der Waals surface area contributed by atoms with Crippen molar-refractivity contribution in [3.05, 3.63) is 27.8 Å². The smallest absolute Gasteiger partial charge is 0.410 e. The van der Waals surface area contributed by atoms with Crippen LogP contribution in [-0.4, -0.2) is 60.3 Å². The minimum atomic E-state index is -0.444. The standard InChI is InChI=1S/C19H29IN2O3/c1-15-14-21(11-12-22(15)18(23)25-19(2,3)4)10-7-13-24-17-9-6-5-8-16(17)20/h5-6,8-9,15H,7,10-14H2,1-4H3/t15-/m0/s1. The Hall–Kier alpha value is -1.02. The number of halogens is 1. The summed E-state index contributed by atoms with van der Waals surface area (Å²) in [6.45, 7) is 12.0. The van der Waals surface area contributed by atoms with E-state index in [9.17, 15) is 4.79 Å². The minimum absolute atomic E-state index is 0.166. The van der Waals surface area contributed by atoms with E-state index >= 15 is 0 Å². The minimum Gasteiger partial charge on any atom is -0.492 e. The van der Waals surface area contributed by atoms with Crippen LogP contribution in [0, 0.1) is 3.57 Å². The van der Waals surface area contributed by atoms with E-state index in [1.165, 1.54) is 0 Å². The van der Waals surface area contributed by atoms with E-state index in [1.807, 2.05) is 49.9 Å². The Labute approximate surface area is 164 Å². The molecule has 0 N–H and O–H groups in total. The lowest BCUT2D eigenvalue weighted by Gasteiger charge is -2.40. The van der Waals surface area contributed by atoms with Gasteiger partial charge in [-0.1, -0.05) is 12.1 Å². The quantitative estimate of drug-likeness (QED) is 0.492. The Morgan fingerprint density at radius 2 is 2.00 bits per heavy atom. The number of piperazine rings is 1. The number of carbonyl (C=O) groups excluding carboxylic acids is 1. The van der Waals surface area contributed by atoms with Crippen molar-refractivity contribution in [2.24, 2.45) is 0 Å². The van der Waals surface area contributed by atoms with Gasteiger partial charge in [0.25, 0.3) is 0 Å². The second-order valence-corrected chi connectivity index (χ2v) is 8.62. The number of para-hydroxylation sites is 1. The van der Waals surface area contributed by atoms with E-state index in [1.54, 1.807) is 0 Å². The molecule has 1 fully saturated rings. The second-order valence-electron chi connectivity index (χ2n) is 7.46. The molecule has 1 heterocycles. The zero-order valence-electron chi connectivity index (χ0n) is 15.6. The molecule has 0 radical (unpaired) electrons. The van der Waals surface area contributed by atoms with Gasteiger partial charge in [0.2, 0.25) is 0 Å². The van der Waals surface area contributed by atoms with Crippen LogP contribution in [0.5, 0.6) is 5.75 Å². The zero-order valence-corrected chi connectivity index (χ0v) is 17.8. The highest BCUT2D eigenvalue weighted by Crippen LogP contribution is 2.20. The second kappa shape index (κ2) is 9.07. The summed E-state index contributed by atoms with van der Waals surface area (Å²) in [5.74, 6) is 0.950. The summed E-state index contributed by atoms with van der Waals surface area (Å²) in [4.78, 5) is 16.5. The number of amides is 1. The van der Waals surface area contributed by atoms with E-state index in [0.717, 1.165) is 35.4 Å². The topological polar surface area (TPSA) is 42.0 Å². The lowest BCUT2D eigenvalue weighted by Crippen LogP contribution is -2.55. The average molecular weight is 460 g/mol. The summed E-state index contributed by atoms with van der Waals surface area (Å²) in [6.07, 6.45) is 0.770. The molecule has 0 bridgehead atoms. The molecule has 1 aromatic rings. The molecule has 6 heteroatoms. The van der Waals surface area contributed by atoms with Crippen molar-refractivity contribution in [3.8, 4) is 5.75 Å². The first-order valence-electron chi connectivity index (χ1n) is 8.85. The SMILES string of the molecule is C[C@H]1CN(CCCOc2ccccc2I)CCN1C(=O)OC(C)(C)C. The molecule has 0 saturated carbocycles. The third-order valence-electron chi connectivity index (χ3n) is 4.05. The summed E-state index contributed by atoms with van der Waals surface area (Å²) in [5.41, 5.74) is -0.444. The summed E-state index contributed by atoms with van der Waals surface area (Å²) < 4.78 is 12.5. The molecule has 1 aromatic carbocycles. The van der Waals surface area contributed by atoms with Crippen molar-refractivity contribution in [1.29, 1.82) is 0 Å². The monoisotopic (exact) mass is 460 g/mol. The molecule has 1 saturated heterocycles. The summed E-state index contributed by atoms with van der Waals surface area (Å²) in [7, 11) is 0. The van der Waals surface area contributed by atoms with Gasteiger partial charge in [-0.15, -0.1) is 0 Å². The third kappa shape index (κ3) is 6.66. The average Bonchev–Trinajstić information content (AvgIpc) is 2.51. The Bertz CT molecular complexity index is 574. The number of rotatable bonds is 5. The van der Waals surface area contributed by atoms with Gasteiger partial charge in [0.15, 0.2) is 0 Å². The molecule has 1 aliphatic heterocycles. The fourth-order valence-electron chi connectivity index (χ4n) is 2.86. The first-order chi connectivity index (χ1) is 11.8. The molecule has 1 amide bonds. The van der Waals surface area contributed by atoms with Gasteiger partial charge in [0.1, 0.15) is 11.4 Å². The van der Waals surface area contributed by atoms with Gasteiger partial charge >= 0.3 is 6.09 Å². The van der Waals surface area contributed by atoms with Crippen LogP contribution in [0.25, 0.3) is 0 Å². The molecule has 0 unspecified atom stereocenters. The molecule has 1 atom stereocenters. The predicted octanol–water partition coefficient (Wildman–Crippen LogP) is 4.00. The third-order valence-corrected chi connectivity index (χ3v) is 4.94. The number of carbonyl (C=O) groups is 1. The van der Waals surface area contributed by atoms with Crippen molar-refractivity contribution >= 4 is 28.7 Å². The van der Waals surface area contributed by atoms with Crippen molar-refractivity contribution in [3.63, 3.8) is 0 Å². The molecule has 1 aliphatic rings. The maximum atomic E-state index is 12.2. The molecule has 5 nitrogen and oxygen atoms in total. The zero-order chi connectivity index (χ0) is 18.4. The van der Waals surface area contributed by atoms with E-state index < -0.39 is 5.60 Å². The van der Waals surface area contributed by atoms with Gasteiger partial charge in [0, 0.05) is 32.2 Å². The number of hydrogen-bond acceptors (Lipinski definition) is 4. The predicted molar refractivity (Wildman–Crippen MR) is 108 cm³/mol. The lowest BCUT2D eigenvalue weighted by molar-refractivity contribution is 0.00105.